The van der Waals surface area contributed by atoms with Gasteiger partial charge in [-0.2, -0.15) is 0 Å². The van der Waals surface area contributed by atoms with E-state index in [1.54, 1.807) is 30.7 Å². The van der Waals surface area contributed by atoms with E-state index in [0.717, 1.165) is 22.2 Å². The predicted molar refractivity (Wildman–Crippen MR) is 78.7 cm³/mol. The lowest BCUT2D eigenvalue weighted by Crippen LogP contribution is -2.11. The van der Waals surface area contributed by atoms with Gasteiger partial charge >= 0.3 is 0 Å². The molecule has 1 amide bonds. The predicted octanol–water partition coefficient (Wildman–Crippen LogP) is 3.19. The van der Waals surface area contributed by atoms with Crippen LogP contribution in [0.5, 0.6) is 0 Å². The summed E-state index contributed by atoms with van der Waals surface area (Å²) >= 11 is 0. The zero-order valence-corrected chi connectivity index (χ0v) is 11.0. The number of benzene rings is 1. The second-order valence-electron chi connectivity index (χ2n) is 4.58. The van der Waals surface area contributed by atoms with Crippen LogP contribution in [0.3, 0.4) is 0 Å². The summed E-state index contributed by atoms with van der Waals surface area (Å²) in [5.74, 6) is -0.130. The van der Waals surface area contributed by atoms with E-state index in [1.807, 2.05) is 31.2 Å². The van der Waals surface area contributed by atoms with Gasteiger partial charge in [0.25, 0.3) is 5.91 Å². The third kappa shape index (κ3) is 2.49. The summed E-state index contributed by atoms with van der Waals surface area (Å²) in [5.41, 5.74) is 2.24. The summed E-state index contributed by atoms with van der Waals surface area (Å²) < 4.78 is 0. The molecule has 0 fully saturated rings. The number of aromatic nitrogens is 2. The molecule has 0 aliphatic heterocycles. The standard InChI is InChI=1S/C16H13N3O/c1-11-8-15(5-7-18-11)19-16(20)13-2-3-14-10-17-6-4-12(14)9-13/h2-10H,1H3,(H,18,19,20). The number of nitrogens with zero attached hydrogens (tertiary/aromatic N) is 2. The monoisotopic (exact) mass is 263 g/mol. The van der Waals surface area contributed by atoms with Crippen molar-refractivity contribution in [2.24, 2.45) is 0 Å². The van der Waals surface area contributed by atoms with Crippen LogP contribution < -0.4 is 5.32 Å². The van der Waals surface area contributed by atoms with Gasteiger partial charge in [0.05, 0.1) is 0 Å². The Morgan fingerprint density at radius 3 is 2.80 bits per heavy atom. The van der Waals surface area contributed by atoms with Crippen molar-refractivity contribution in [2.75, 3.05) is 5.32 Å². The molecule has 2 aromatic heterocycles. The average molecular weight is 263 g/mol. The lowest BCUT2D eigenvalue weighted by Gasteiger charge is -2.06. The fourth-order valence-electron chi connectivity index (χ4n) is 2.05. The van der Waals surface area contributed by atoms with Crippen LogP contribution in [-0.2, 0) is 0 Å². The van der Waals surface area contributed by atoms with Crippen molar-refractivity contribution in [3.05, 3.63) is 66.2 Å². The molecule has 2 heterocycles. The van der Waals surface area contributed by atoms with Crippen molar-refractivity contribution >= 4 is 22.4 Å². The van der Waals surface area contributed by atoms with Crippen molar-refractivity contribution in [1.29, 1.82) is 0 Å². The number of anilines is 1. The lowest BCUT2D eigenvalue weighted by molar-refractivity contribution is 0.102. The molecule has 4 heteroatoms. The number of aryl methyl sites for hydroxylation is 1. The van der Waals surface area contributed by atoms with Crippen molar-refractivity contribution < 1.29 is 4.79 Å². The summed E-state index contributed by atoms with van der Waals surface area (Å²) in [5, 5.41) is 4.89. The first kappa shape index (κ1) is 12.3. The second-order valence-corrected chi connectivity index (χ2v) is 4.58. The summed E-state index contributed by atoms with van der Waals surface area (Å²) in [6.07, 6.45) is 5.18. The molecule has 4 nitrogen and oxygen atoms in total. The van der Waals surface area contributed by atoms with Crippen molar-refractivity contribution in [3.8, 4) is 0 Å². The minimum absolute atomic E-state index is 0.130. The van der Waals surface area contributed by atoms with Gasteiger partial charge in [-0.1, -0.05) is 6.07 Å². The minimum atomic E-state index is -0.130. The lowest BCUT2D eigenvalue weighted by atomic mass is 10.1. The summed E-state index contributed by atoms with van der Waals surface area (Å²) in [6, 6.07) is 11.1. The fourth-order valence-corrected chi connectivity index (χ4v) is 2.05. The highest BCUT2D eigenvalue weighted by molar-refractivity contribution is 6.06. The van der Waals surface area contributed by atoms with Crippen LogP contribution in [0.2, 0.25) is 0 Å². The molecule has 98 valence electrons. The molecule has 20 heavy (non-hydrogen) atoms. The number of carbonyl (C=O) groups is 1. The Kier molecular flexibility index (Phi) is 3.13. The number of hydrogen-bond donors (Lipinski definition) is 1. The molecule has 0 atom stereocenters. The fraction of sp³-hybridized carbons (Fsp3) is 0.0625. The number of pyridine rings is 2. The molecule has 0 bridgehead atoms. The van der Waals surface area contributed by atoms with Crippen molar-refractivity contribution in [2.45, 2.75) is 6.92 Å². The number of nitrogens with one attached hydrogen (secondary N) is 1. The molecule has 1 N–H and O–H groups in total. The largest absolute Gasteiger partial charge is 0.322 e. The van der Waals surface area contributed by atoms with E-state index in [2.05, 4.69) is 15.3 Å². The van der Waals surface area contributed by atoms with Crippen LogP contribution in [0.1, 0.15) is 16.1 Å². The van der Waals surface area contributed by atoms with E-state index in [0.29, 0.717) is 5.56 Å². The zero-order valence-electron chi connectivity index (χ0n) is 11.0. The van der Waals surface area contributed by atoms with Gasteiger partial charge in [-0.3, -0.25) is 14.8 Å². The van der Waals surface area contributed by atoms with Gasteiger partial charge in [0.15, 0.2) is 0 Å². The normalized spacial score (nSPS) is 10.4. The Morgan fingerprint density at radius 1 is 1.05 bits per heavy atom. The van der Waals surface area contributed by atoms with E-state index in [-0.39, 0.29) is 5.91 Å². The maximum absolute atomic E-state index is 12.2. The molecule has 0 saturated heterocycles. The number of amides is 1. The van der Waals surface area contributed by atoms with E-state index in [1.165, 1.54) is 0 Å². The number of rotatable bonds is 2. The van der Waals surface area contributed by atoms with Gasteiger partial charge in [0.1, 0.15) is 0 Å². The highest BCUT2D eigenvalue weighted by Crippen LogP contribution is 2.16. The highest BCUT2D eigenvalue weighted by Gasteiger charge is 2.07. The highest BCUT2D eigenvalue weighted by atomic mass is 16.1. The third-order valence-electron chi connectivity index (χ3n) is 3.06. The Labute approximate surface area is 116 Å². The van der Waals surface area contributed by atoms with E-state index >= 15 is 0 Å². The molecule has 3 rings (SSSR count). The molecule has 3 aromatic rings. The van der Waals surface area contributed by atoms with Gasteiger partial charge in [-0.15, -0.1) is 0 Å². The van der Waals surface area contributed by atoms with Gasteiger partial charge in [0, 0.05) is 40.9 Å². The Bertz CT molecular complexity index is 783. The number of fused-ring (bicyclic) bond motifs is 1. The molecule has 0 aliphatic carbocycles. The molecular weight excluding hydrogens is 250 g/mol. The first-order chi connectivity index (χ1) is 9.72. The topological polar surface area (TPSA) is 54.9 Å². The summed E-state index contributed by atoms with van der Waals surface area (Å²) in [4.78, 5) is 20.4. The van der Waals surface area contributed by atoms with Crippen LogP contribution in [0.15, 0.2) is 55.0 Å². The molecular formula is C16H13N3O. The number of carbonyl (C=O) groups excluding carboxylic acids is 1. The molecule has 0 spiro atoms. The van der Waals surface area contributed by atoms with Gasteiger partial charge in [0.2, 0.25) is 0 Å². The first-order valence-corrected chi connectivity index (χ1v) is 6.30. The quantitative estimate of drug-likeness (QED) is 0.772. The third-order valence-corrected chi connectivity index (χ3v) is 3.06. The van der Waals surface area contributed by atoms with E-state index in [9.17, 15) is 4.79 Å². The average Bonchev–Trinajstić information content (AvgIpc) is 2.47. The molecule has 0 aliphatic rings. The van der Waals surface area contributed by atoms with Crippen LogP contribution in [0, 0.1) is 6.92 Å². The van der Waals surface area contributed by atoms with Crippen LogP contribution >= 0.6 is 0 Å². The Hall–Kier alpha value is -2.75. The molecule has 1 aromatic carbocycles. The van der Waals surface area contributed by atoms with Crippen molar-refractivity contribution in [3.63, 3.8) is 0 Å². The summed E-state index contributed by atoms with van der Waals surface area (Å²) in [7, 11) is 0. The smallest absolute Gasteiger partial charge is 0.255 e. The second kappa shape index (κ2) is 5.09. The zero-order chi connectivity index (χ0) is 13.9. The molecule has 0 unspecified atom stereocenters. The van der Waals surface area contributed by atoms with Crippen molar-refractivity contribution in [1.82, 2.24) is 9.97 Å². The van der Waals surface area contributed by atoms with E-state index in [4.69, 9.17) is 0 Å². The Balaban J connectivity index is 1.88. The van der Waals surface area contributed by atoms with Gasteiger partial charge < -0.3 is 5.32 Å². The maximum Gasteiger partial charge on any atom is 0.255 e. The van der Waals surface area contributed by atoms with Gasteiger partial charge in [-0.05, 0) is 42.6 Å². The number of hydrogen-bond acceptors (Lipinski definition) is 3. The van der Waals surface area contributed by atoms with Crippen LogP contribution in [-0.4, -0.2) is 15.9 Å². The van der Waals surface area contributed by atoms with E-state index < -0.39 is 0 Å². The molecule has 0 saturated carbocycles. The van der Waals surface area contributed by atoms with Crippen LogP contribution in [0.4, 0.5) is 5.69 Å². The minimum Gasteiger partial charge on any atom is -0.322 e. The van der Waals surface area contributed by atoms with Crippen LogP contribution in [0.25, 0.3) is 10.8 Å². The first-order valence-electron chi connectivity index (χ1n) is 6.30. The van der Waals surface area contributed by atoms with Gasteiger partial charge in [-0.25, -0.2) is 0 Å². The molecule has 0 radical (unpaired) electrons. The SMILES string of the molecule is Cc1cc(NC(=O)c2ccc3cnccc3c2)ccn1. The Morgan fingerprint density at radius 2 is 1.95 bits per heavy atom. The maximum atomic E-state index is 12.2. The summed E-state index contributed by atoms with van der Waals surface area (Å²) in [6.45, 7) is 1.89.